The van der Waals surface area contributed by atoms with E-state index in [2.05, 4.69) is 9.97 Å². The number of ether oxygens (including phenoxy) is 1. The van der Waals surface area contributed by atoms with Crippen molar-refractivity contribution in [2.24, 2.45) is 0 Å². The predicted molar refractivity (Wildman–Crippen MR) is 61.3 cm³/mol. The number of halogens is 1. The SMILES string of the molecule is CCCSc1nc(Cl)c([N+](=O)[O-])c(OC)n1. The summed E-state index contributed by atoms with van der Waals surface area (Å²) in [5, 5.41) is 10.9. The summed E-state index contributed by atoms with van der Waals surface area (Å²) in [7, 11) is 1.31. The third-order valence-electron chi connectivity index (χ3n) is 1.60. The fourth-order valence-corrected chi connectivity index (χ4v) is 1.91. The highest BCUT2D eigenvalue weighted by molar-refractivity contribution is 7.99. The topological polar surface area (TPSA) is 78.2 Å². The monoisotopic (exact) mass is 263 g/mol. The first kappa shape index (κ1) is 13.0. The molecule has 0 aliphatic heterocycles. The highest BCUT2D eigenvalue weighted by Gasteiger charge is 2.24. The Labute approximate surface area is 102 Å². The van der Waals surface area contributed by atoms with Crippen LogP contribution in [0.15, 0.2) is 5.16 Å². The number of hydrogen-bond acceptors (Lipinski definition) is 6. The van der Waals surface area contributed by atoms with Crippen LogP contribution in [0, 0.1) is 10.1 Å². The first-order valence-corrected chi connectivity index (χ1v) is 5.85. The molecule has 0 aromatic carbocycles. The lowest BCUT2D eigenvalue weighted by molar-refractivity contribution is -0.386. The molecule has 1 aromatic heterocycles. The molecule has 0 saturated heterocycles. The Balaban J connectivity index is 3.11. The van der Waals surface area contributed by atoms with Gasteiger partial charge in [0.1, 0.15) is 0 Å². The second-order valence-corrected chi connectivity index (χ2v) is 4.18. The molecule has 16 heavy (non-hydrogen) atoms. The van der Waals surface area contributed by atoms with Gasteiger partial charge in [-0.2, -0.15) is 4.98 Å². The van der Waals surface area contributed by atoms with E-state index in [9.17, 15) is 10.1 Å². The van der Waals surface area contributed by atoms with Crippen LogP contribution >= 0.6 is 23.4 Å². The van der Waals surface area contributed by atoms with Crippen LogP contribution in [0.3, 0.4) is 0 Å². The van der Waals surface area contributed by atoms with E-state index in [1.807, 2.05) is 6.92 Å². The van der Waals surface area contributed by atoms with Crippen LogP contribution in [0.5, 0.6) is 5.88 Å². The van der Waals surface area contributed by atoms with Crippen LogP contribution < -0.4 is 4.74 Å². The molecule has 88 valence electrons. The van der Waals surface area contributed by atoms with Gasteiger partial charge in [-0.1, -0.05) is 30.3 Å². The smallest absolute Gasteiger partial charge is 0.367 e. The lowest BCUT2D eigenvalue weighted by Gasteiger charge is -2.04. The molecule has 0 aliphatic carbocycles. The van der Waals surface area contributed by atoms with Crippen molar-refractivity contribution in [3.8, 4) is 5.88 Å². The molecule has 1 heterocycles. The zero-order chi connectivity index (χ0) is 12.1. The van der Waals surface area contributed by atoms with E-state index < -0.39 is 10.6 Å². The quantitative estimate of drug-likeness (QED) is 0.267. The van der Waals surface area contributed by atoms with Crippen LogP contribution in [-0.4, -0.2) is 27.8 Å². The van der Waals surface area contributed by atoms with Gasteiger partial charge in [0.2, 0.25) is 5.15 Å². The number of aromatic nitrogens is 2. The van der Waals surface area contributed by atoms with E-state index in [0.29, 0.717) is 5.16 Å². The second kappa shape index (κ2) is 5.86. The molecule has 8 heteroatoms. The average molecular weight is 264 g/mol. The summed E-state index contributed by atoms with van der Waals surface area (Å²) >= 11 is 7.08. The maximum atomic E-state index is 10.7. The molecular formula is C8H10ClN3O3S. The van der Waals surface area contributed by atoms with Crippen LogP contribution in [0.25, 0.3) is 0 Å². The summed E-state index contributed by atoms with van der Waals surface area (Å²) < 4.78 is 4.82. The van der Waals surface area contributed by atoms with E-state index in [1.165, 1.54) is 18.9 Å². The molecule has 1 aromatic rings. The van der Waals surface area contributed by atoms with Crippen molar-refractivity contribution >= 4 is 29.1 Å². The maximum absolute atomic E-state index is 10.7. The van der Waals surface area contributed by atoms with Gasteiger partial charge < -0.3 is 4.74 Å². The Morgan fingerprint density at radius 2 is 2.25 bits per heavy atom. The summed E-state index contributed by atoms with van der Waals surface area (Å²) in [6.07, 6.45) is 0.949. The van der Waals surface area contributed by atoms with Gasteiger partial charge in [0, 0.05) is 5.75 Å². The molecule has 0 radical (unpaired) electrons. The van der Waals surface area contributed by atoms with Gasteiger partial charge in [-0.3, -0.25) is 10.1 Å². The molecule has 0 saturated carbocycles. The third-order valence-corrected chi connectivity index (χ3v) is 2.92. The van der Waals surface area contributed by atoms with Crippen molar-refractivity contribution in [3.63, 3.8) is 0 Å². The van der Waals surface area contributed by atoms with Crippen molar-refractivity contribution in [1.82, 2.24) is 9.97 Å². The Morgan fingerprint density at radius 3 is 2.75 bits per heavy atom. The van der Waals surface area contributed by atoms with Gasteiger partial charge in [0.05, 0.1) is 12.0 Å². The van der Waals surface area contributed by atoms with Gasteiger partial charge in [-0.15, -0.1) is 0 Å². The van der Waals surface area contributed by atoms with E-state index in [4.69, 9.17) is 16.3 Å². The number of hydrogen-bond donors (Lipinski definition) is 0. The molecule has 0 fully saturated rings. The summed E-state index contributed by atoms with van der Waals surface area (Å²) in [5.74, 6) is 0.709. The summed E-state index contributed by atoms with van der Waals surface area (Å²) in [5.41, 5.74) is -0.398. The van der Waals surface area contributed by atoms with Gasteiger partial charge in [-0.05, 0) is 6.42 Å². The molecular weight excluding hydrogens is 254 g/mol. The minimum absolute atomic E-state index is 0.108. The molecule has 0 bridgehead atoms. The molecule has 0 spiro atoms. The number of rotatable bonds is 5. The zero-order valence-electron chi connectivity index (χ0n) is 8.77. The van der Waals surface area contributed by atoms with E-state index in [-0.39, 0.29) is 11.0 Å². The molecule has 0 atom stereocenters. The highest BCUT2D eigenvalue weighted by atomic mass is 35.5. The summed E-state index contributed by atoms with van der Waals surface area (Å²) in [6, 6.07) is 0. The molecule has 0 amide bonds. The first-order chi connectivity index (χ1) is 7.60. The van der Waals surface area contributed by atoms with Gasteiger partial charge >= 0.3 is 5.69 Å². The van der Waals surface area contributed by atoms with Crippen LogP contribution in [0.1, 0.15) is 13.3 Å². The van der Waals surface area contributed by atoms with E-state index >= 15 is 0 Å². The van der Waals surface area contributed by atoms with Crippen molar-refractivity contribution in [1.29, 1.82) is 0 Å². The zero-order valence-corrected chi connectivity index (χ0v) is 10.3. The van der Waals surface area contributed by atoms with Crippen LogP contribution in [0.2, 0.25) is 5.15 Å². The van der Waals surface area contributed by atoms with Crippen LogP contribution in [-0.2, 0) is 0 Å². The highest BCUT2D eigenvalue weighted by Crippen LogP contribution is 2.33. The fourth-order valence-electron chi connectivity index (χ4n) is 0.944. The number of methoxy groups -OCH3 is 1. The fraction of sp³-hybridized carbons (Fsp3) is 0.500. The lowest BCUT2D eigenvalue weighted by Crippen LogP contribution is -2.01. The predicted octanol–water partition coefficient (Wildman–Crippen LogP) is 2.55. The minimum atomic E-state index is -0.657. The van der Waals surface area contributed by atoms with Crippen molar-refractivity contribution in [3.05, 3.63) is 15.3 Å². The Bertz CT molecular complexity index is 402. The maximum Gasteiger partial charge on any atom is 0.367 e. The molecule has 6 nitrogen and oxygen atoms in total. The largest absolute Gasteiger partial charge is 0.476 e. The number of nitro groups is 1. The average Bonchev–Trinajstić information content (AvgIpc) is 2.24. The van der Waals surface area contributed by atoms with Gasteiger partial charge in [0.25, 0.3) is 5.88 Å². The number of nitrogens with zero attached hydrogens (tertiary/aromatic N) is 3. The first-order valence-electron chi connectivity index (χ1n) is 4.48. The molecule has 0 unspecified atom stereocenters. The van der Waals surface area contributed by atoms with Gasteiger partial charge in [0.15, 0.2) is 5.16 Å². The molecule has 1 rings (SSSR count). The summed E-state index contributed by atoms with van der Waals surface area (Å²) in [4.78, 5) is 17.8. The van der Waals surface area contributed by atoms with Crippen LogP contribution in [0.4, 0.5) is 5.69 Å². The minimum Gasteiger partial charge on any atom is -0.476 e. The van der Waals surface area contributed by atoms with Crippen molar-refractivity contribution in [2.75, 3.05) is 12.9 Å². The third kappa shape index (κ3) is 2.96. The molecule has 0 aliphatic rings. The number of thioether (sulfide) groups is 1. The van der Waals surface area contributed by atoms with Crippen molar-refractivity contribution in [2.45, 2.75) is 18.5 Å². The summed E-state index contributed by atoms with van der Waals surface area (Å²) in [6.45, 7) is 2.01. The Kier molecular flexibility index (Phi) is 4.75. The van der Waals surface area contributed by atoms with E-state index in [1.54, 1.807) is 0 Å². The Morgan fingerprint density at radius 1 is 1.56 bits per heavy atom. The Hall–Kier alpha value is -1.08. The molecule has 0 N–H and O–H groups in total. The van der Waals surface area contributed by atoms with Crippen molar-refractivity contribution < 1.29 is 9.66 Å². The van der Waals surface area contributed by atoms with Gasteiger partial charge in [-0.25, -0.2) is 4.98 Å². The normalized spacial score (nSPS) is 10.2. The second-order valence-electron chi connectivity index (χ2n) is 2.76. The standard InChI is InChI=1S/C8H10ClN3O3S/c1-3-4-16-8-10-6(9)5(12(13)14)7(11-8)15-2/h3-4H2,1-2H3. The van der Waals surface area contributed by atoms with E-state index in [0.717, 1.165) is 12.2 Å². The lowest BCUT2D eigenvalue weighted by atomic mass is 10.5.